The van der Waals surface area contributed by atoms with Gasteiger partial charge in [-0.05, 0) is 90.8 Å². The molecule has 2 aliphatic heterocycles. The summed E-state index contributed by atoms with van der Waals surface area (Å²) in [5, 5.41) is 74.2. The van der Waals surface area contributed by atoms with Crippen molar-refractivity contribution in [2.75, 3.05) is 13.2 Å². The quantitative estimate of drug-likeness (QED) is 0.189. The van der Waals surface area contributed by atoms with Crippen LogP contribution >= 0.6 is 0 Å². The zero-order valence-electron chi connectivity index (χ0n) is 27.7. The lowest BCUT2D eigenvalue weighted by Gasteiger charge is -2.56. The number of aliphatic hydroxyl groups excluding tert-OH is 7. The van der Waals surface area contributed by atoms with Gasteiger partial charge in [-0.2, -0.15) is 0 Å². The zero-order valence-corrected chi connectivity index (χ0v) is 27.7. The lowest BCUT2D eigenvalue weighted by molar-refractivity contribution is -0.323. The van der Waals surface area contributed by atoms with Crippen LogP contribution in [-0.2, 0) is 19.0 Å². The third kappa shape index (κ3) is 6.01. The molecule has 5 rings (SSSR count). The molecule has 0 radical (unpaired) electrons. The van der Waals surface area contributed by atoms with Crippen LogP contribution in [0.1, 0.15) is 80.1 Å². The van der Waals surface area contributed by atoms with E-state index >= 15 is 0 Å². The van der Waals surface area contributed by atoms with E-state index in [9.17, 15) is 40.5 Å². The first-order valence-corrected chi connectivity index (χ1v) is 17.2. The van der Waals surface area contributed by atoms with Gasteiger partial charge >= 0.3 is 5.97 Å². The molecular weight excluding hydrogens is 584 g/mol. The molecule has 0 aromatic carbocycles. The fourth-order valence-electron chi connectivity index (χ4n) is 10.4. The Morgan fingerprint density at radius 2 is 1.58 bits per heavy atom. The van der Waals surface area contributed by atoms with Crippen LogP contribution in [0.25, 0.3) is 0 Å². The van der Waals surface area contributed by atoms with Crippen LogP contribution in [0.5, 0.6) is 0 Å². The highest BCUT2D eigenvalue weighted by Crippen LogP contribution is 2.66. The Morgan fingerprint density at radius 3 is 2.22 bits per heavy atom. The van der Waals surface area contributed by atoms with Gasteiger partial charge in [-0.3, -0.25) is 4.79 Å². The van der Waals surface area contributed by atoms with Gasteiger partial charge in [0.15, 0.2) is 6.29 Å². The molecule has 45 heavy (non-hydrogen) atoms. The molecule has 5 aliphatic rings. The molecule has 2 saturated heterocycles. The van der Waals surface area contributed by atoms with Crippen LogP contribution < -0.4 is 0 Å². The van der Waals surface area contributed by atoms with Gasteiger partial charge in [-0.15, -0.1) is 0 Å². The second-order valence-corrected chi connectivity index (χ2v) is 16.1. The van der Waals surface area contributed by atoms with E-state index in [1.54, 1.807) is 0 Å². The van der Waals surface area contributed by atoms with E-state index in [0.29, 0.717) is 13.0 Å². The molecule has 0 spiro atoms. The average molecular weight is 643 g/mol. The fraction of sp³-hybridized carbons (Fsp3) is 0.971. The molecule has 11 heteroatoms. The zero-order chi connectivity index (χ0) is 33.2. The predicted molar refractivity (Wildman–Crippen MR) is 162 cm³/mol. The van der Waals surface area contributed by atoms with Crippen LogP contribution in [0.3, 0.4) is 0 Å². The highest BCUT2D eigenvalue weighted by atomic mass is 16.7. The molecule has 18 atom stereocenters. The van der Waals surface area contributed by atoms with E-state index in [1.807, 2.05) is 6.92 Å². The van der Waals surface area contributed by atoms with Gasteiger partial charge < -0.3 is 50.0 Å². The Hall–Kier alpha value is -0.890. The highest BCUT2D eigenvalue weighted by molar-refractivity contribution is 5.74. The molecule has 3 saturated carbocycles. The first-order valence-electron chi connectivity index (χ1n) is 17.2. The Labute approximate surface area is 267 Å². The Bertz CT molecular complexity index is 1040. The molecule has 7 N–H and O–H groups in total. The molecule has 0 unspecified atom stereocenters. The normalized spacial score (nSPS) is 49.6. The number of carbonyl (C=O) groups excluding carboxylic acids is 1. The number of hydrogen-bond donors (Lipinski definition) is 7. The van der Waals surface area contributed by atoms with Crippen molar-refractivity contribution in [1.29, 1.82) is 0 Å². The Morgan fingerprint density at radius 1 is 0.911 bits per heavy atom. The molecule has 3 aliphatic carbocycles. The van der Waals surface area contributed by atoms with Gasteiger partial charge in [0.05, 0.1) is 43.5 Å². The molecule has 260 valence electrons. The number of aliphatic hydroxyl groups is 7. The van der Waals surface area contributed by atoms with E-state index in [-0.39, 0.29) is 59.2 Å². The third-order valence-corrected chi connectivity index (χ3v) is 13.7. The number of esters is 1. The fourth-order valence-corrected chi connectivity index (χ4v) is 10.4. The third-order valence-electron chi connectivity index (χ3n) is 13.7. The first kappa shape index (κ1) is 35.4. The minimum atomic E-state index is -1.59. The molecule has 0 aromatic heterocycles. The first-order chi connectivity index (χ1) is 21.1. The monoisotopic (exact) mass is 642 g/mol. The summed E-state index contributed by atoms with van der Waals surface area (Å²) in [5.74, 6) is -0.0604. The number of fused-ring (bicyclic) bond motifs is 5. The van der Waals surface area contributed by atoms with Crippen LogP contribution in [-0.4, -0.2) is 110 Å². The summed E-state index contributed by atoms with van der Waals surface area (Å²) in [6.07, 6.45) is -6.62. The standard InChI is InChI=1S/C34H58O11/c1-15(2)16(3)26(37)27(38)17(4)19-7-8-20-18-14-43-31(42)22-11-23(36)24(12-34(22,6)21(18)9-10-33(19,20)5)44-32-30(41)29(40)28(39)25(13-35)45-32/h15-30,32,35-41H,7-14H2,1-6H3/t16-,17-,18-,19+,20-,21-,22+,23-,24+,25+,26+,27+,28+,29-,30+,32+,33+,34+/m0/s1. The van der Waals surface area contributed by atoms with E-state index in [0.717, 1.165) is 25.7 Å². The predicted octanol–water partition coefficient (Wildman–Crippen LogP) is 1.21. The minimum absolute atomic E-state index is 0.0267. The van der Waals surface area contributed by atoms with Gasteiger partial charge in [-0.25, -0.2) is 0 Å². The van der Waals surface area contributed by atoms with Gasteiger partial charge in [-0.1, -0.05) is 41.5 Å². The number of carbonyl (C=O) groups is 1. The van der Waals surface area contributed by atoms with Crippen molar-refractivity contribution >= 4 is 5.97 Å². The smallest absolute Gasteiger partial charge is 0.309 e. The summed E-state index contributed by atoms with van der Waals surface area (Å²) in [6, 6.07) is 0. The van der Waals surface area contributed by atoms with E-state index in [4.69, 9.17) is 14.2 Å². The lowest BCUT2D eigenvalue weighted by atomic mass is 9.48. The number of cyclic esters (lactones) is 1. The van der Waals surface area contributed by atoms with Crippen molar-refractivity contribution in [3.8, 4) is 0 Å². The number of rotatable bonds is 8. The summed E-state index contributed by atoms with van der Waals surface area (Å²) < 4.78 is 17.7. The molecule has 0 bridgehead atoms. The molecule has 11 nitrogen and oxygen atoms in total. The Kier molecular flexibility index (Phi) is 10.4. The van der Waals surface area contributed by atoms with Gasteiger partial charge in [0.25, 0.3) is 0 Å². The highest BCUT2D eigenvalue weighted by Gasteiger charge is 2.63. The van der Waals surface area contributed by atoms with Gasteiger partial charge in [0.2, 0.25) is 0 Å². The summed E-state index contributed by atoms with van der Waals surface area (Å²) >= 11 is 0. The average Bonchev–Trinajstić information content (AvgIpc) is 3.31. The molecular formula is C34H58O11. The molecule has 2 heterocycles. The van der Waals surface area contributed by atoms with Crippen molar-refractivity contribution < 1.29 is 54.8 Å². The van der Waals surface area contributed by atoms with Crippen LogP contribution in [0.2, 0.25) is 0 Å². The van der Waals surface area contributed by atoms with E-state index in [1.165, 1.54) is 0 Å². The van der Waals surface area contributed by atoms with E-state index < -0.39 is 73.1 Å². The maximum atomic E-state index is 13.5. The summed E-state index contributed by atoms with van der Waals surface area (Å²) in [5.41, 5.74) is -0.672. The van der Waals surface area contributed by atoms with Crippen molar-refractivity contribution in [2.24, 2.45) is 58.2 Å². The second kappa shape index (κ2) is 13.2. The van der Waals surface area contributed by atoms with Crippen LogP contribution in [0.15, 0.2) is 0 Å². The van der Waals surface area contributed by atoms with Gasteiger partial charge in [0.1, 0.15) is 24.4 Å². The maximum absolute atomic E-state index is 13.5. The van der Waals surface area contributed by atoms with Gasteiger partial charge in [0, 0.05) is 0 Å². The second-order valence-electron chi connectivity index (χ2n) is 16.1. The van der Waals surface area contributed by atoms with Crippen molar-refractivity contribution in [2.45, 2.75) is 135 Å². The molecule has 5 fully saturated rings. The lowest BCUT2D eigenvalue weighted by Crippen LogP contribution is -2.61. The summed E-state index contributed by atoms with van der Waals surface area (Å²) in [6.45, 7) is 12.3. The minimum Gasteiger partial charge on any atom is -0.465 e. The number of ether oxygens (including phenoxy) is 3. The van der Waals surface area contributed by atoms with E-state index in [2.05, 4.69) is 34.6 Å². The largest absolute Gasteiger partial charge is 0.465 e. The summed E-state index contributed by atoms with van der Waals surface area (Å²) in [7, 11) is 0. The SMILES string of the molecule is CC(C)[C@H](C)[C@@H](O)[C@H](O)[C@@H](C)[C@H]1CC[C@H]2[C@@H]3COC(=O)[C@H]4C[C@H](O)[C@H](O[C@@H]5O[C@H](CO)[C@@H](O)[C@H](O)[C@H]5O)C[C@]4(C)[C@H]3CC[C@]12C. The van der Waals surface area contributed by atoms with Crippen molar-refractivity contribution in [3.63, 3.8) is 0 Å². The van der Waals surface area contributed by atoms with Crippen molar-refractivity contribution in [3.05, 3.63) is 0 Å². The maximum Gasteiger partial charge on any atom is 0.309 e. The Balaban J connectivity index is 1.36. The number of hydrogen-bond acceptors (Lipinski definition) is 11. The summed E-state index contributed by atoms with van der Waals surface area (Å²) in [4.78, 5) is 13.5. The van der Waals surface area contributed by atoms with Crippen LogP contribution in [0.4, 0.5) is 0 Å². The van der Waals surface area contributed by atoms with Crippen LogP contribution in [0, 0.1) is 58.2 Å². The molecule has 0 aromatic rings. The topological polar surface area (TPSA) is 186 Å². The van der Waals surface area contributed by atoms with Crippen molar-refractivity contribution in [1.82, 2.24) is 0 Å². The molecule has 0 amide bonds.